The quantitative estimate of drug-likeness (QED) is 0.353. The van der Waals surface area contributed by atoms with Gasteiger partial charge in [0.05, 0.1) is 11.4 Å². The number of para-hydroxylation sites is 1. The molecule has 2 amide bonds. The first-order valence-corrected chi connectivity index (χ1v) is 12.8. The number of nitrogen functional groups attached to an aromatic ring is 1. The summed E-state index contributed by atoms with van der Waals surface area (Å²) in [5.41, 5.74) is 8.44. The van der Waals surface area contributed by atoms with Gasteiger partial charge in [-0.15, -0.1) is 5.10 Å². The first-order chi connectivity index (χ1) is 18.9. The molecule has 1 aliphatic heterocycles. The van der Waals surface area contributed by atoms with Crippen molar-refractivity contribution in [2.24, 2.45) is 0 Å². The second kappa shape index (κ2) is 9.71. The van der Waals surface area contributed by atoms with Crippen LogP contribution in [0.25, 0.3) is 22.1 Å². The van der Waals surface area contributed by atoms with Crippen molar-refractivity contribution in [1.29, 1.82) is 0 Å². The molecule has 0 bridgehead atoms. The lowest BCUT2D eigenvalue weighted by atomic mass is 10.0. The molecule has 196 valence electrons. The molecular formula is C29H27N7O3. The Bertz CT molecular complexity index is 1790. The van der Waals surface area contributed by atoms with E-state index in [4.69, 9.17) is 5.73 Å². The number of amides is 2. The van der Waals surface area contributed by atoms with Crippen LogP contribution in [0.5, 0.6) is 0 Å². The van der Waals surface area contributed by atoms with Crippen LogP contribution < -0.4 is 16.6 Å². The van der Waals surface area contributed by atoms with E-state index in [1.807, 2.05) is 61.5 Å². The largest absolute Gasteiger partial charge is 0.381 e. The molecule has 39 heavy (non-hydrogen) atoms. The lowest BCUT2D eigenvalue weighted by molar-refractivity contribution is -0.128. The Morgan fingerprint density at radius 3 is 2.69 bits per heavy atom. The van der Waals surface area contributed by atoms with Gasteiger partial charge in [0.1, 0.15) is 5.56 Å². The summed E-state index contributed by atoms with van der Waals surface area (Å²) in [5, 5.41) is 8.46. The summed E-state index contributed by atoms with van der Waals surface area (Å²) in [6.45, 7) is 2.89. The molecule has 4 heterocycles. The number of aromatic nitrogens is 4. The zero-order chi connectivity index (χ0) is 27.1. The van der Waals surface area contributed by atoms with Crippen LogP contribution in [0.15, 0.2) is 77.9 Å². The van der Waals surface area contributed by atoms with Gasteiger partial charge in [-0.25, -0.2) is 9.50 Å². The highest BCUT2D eigenvalue weighted by atomic mass is 16.2. The van der Waals surface area contributed by atoms with Crippen molar-refractivity contribution in [2.75, 3.05) is 12.3 Å². The van der Waals surface area contributed by atoms with Crippen LogP contribution in [0.2, 0.25) is 0 Å². The highest BCUT2D eigenvalue weighted by Crippen LogP contribution is 2.26. The number of carbonyl (C=O) groups is 2. The van der Waals surface area contributed by atoms with Gasteiger partial charge in [0, 0.05) is 43.3 Å². The van der Waals surface area contributed by atoms with Crippen molar-refractivity contribution in [3.8, 4) is 5.69 Å². The van der Waals surface area contributed by atoms with E-state index in [2.05, 4.69) is 15.4 Å². The predicted octanol–water partition coefficient (Wildman–Crippen LogP) is 3.23. The van der Waals surface area contributed by atoms with E-state index in [9.17, 15) is 14.4 Å². The van der Waals surface area contributed by atoms with Crippen molar-refractivity contribution >= 4 is 34.1 Å². The van der Waals surface area contributed by atoms with Crippen LogP contribution in [-0.2, 0) is 11.3 Å². The van der Waals surface area contributed by atoms with Crippen molar-refractivity contribution < 1.29 is 9.59 Å². The number of rotatable bonds is 6. The lowest BCUT2D eigenvalue weighted by Gasteiger charge is -2.22. The number of hydrogen-bond donors (Lipinski definition) is 2. The number of anilines is 1. The molecule has 10 heteroatoms. The molecule has 0 aliphatic carbocycles. The Labute approximate surface area is 223 Å². The van der Waals surface area contributed by atoms with Crippen LogP contribution in [0.4, 0.5) is 5.82 Å². The van der Waals surface area contributed by atoms with Crippen LogP contribution in [0.1, 0.15) is 47.4 Å². The van der Waals surface area contributed by atoms with Crippen molar-refractivity contribution in [3.05, 3.63) is 100 Å². The highest BCUT2D eigenvalue weighted by Gasteiger charge is 2.25. The maximum absolute atomic E-state index is 14.2. The Balaban J connectivity index is 1.46. The first-order valence-electron chi connectivity index (χ1n) is 12.8. The molecule has 1 saturated heterocycles. The monoisotopic (exact) mass is 521 g/mol. The number of benzene rings is 2. The van der Waals surface area contributed by atoms with Gasteiger partial charge in [0.25, 0.3) is 11.5 Å². The third kappa shape index (κ3) is 4.29. The van der Waals surface area contributed by atoms with Crippen LogP contribution >= 0.6 is 0 Å². The average Bonchev–Trinajstić information content (AvgIpc) is 3.50. The average molecular weight is 522 g/mol. The van der Waals surface area contributed by atoms with Gasteiger partial charge in [0.2, 0.25) is 5.91 Å². The topological polar surface area (TPSA) is 128 Å². The maximum atomic E-state index is 14.2. The smallest absolute Gasteiger partial charge is 0.263 e. The molecule has 0 spiro atoms. The molecule has 1 aliphatic rings. The van der Waals surface area contributed by atoms with E-state index < -0.39 is 11.9 Å². The fraction of sp³-hybridized carbons (Fsp3) is 0.207. The van der Waals surface area contributed by atoms with E-state index in [0.717, 1.165) is 17.4 Å². The van der Waals surface area contributed by atoms with Gasteiger partial charge in [-0.05, 0) is 48.6 Å². The maximum Gasteiger partial charge on any atom is 0.263 e. The van der Waals surface area contributed by atoms with Crippen LogP contribution in [-0.4, -0.2) is 42.4 Å². The first kappa shape index (κ1) is 24.4. The number of carbonyl (C=O) groups excluding carboxylic acids is 2. The normalized spacial score (nSPS) is 14.3. The number of hydrogen-bond acceptors (Lipinski definition) is 6. The van der Waals surface area contributed by atoms with Crippen molar-refractivity contribution in [3.63, 3.8) is 0 Å². The number of likely N-dealkylation sites (tertiary alicyclic amines) is 1. The number of fused-ring (bicyclic) bond motifs is 2. The Morgan fingerprint density at radius 1 is 1.10 bits per heavy atom. The minimum atomic E-state index is -0.573. The second-order valence-electron chi connectivity index (χ2n) is 9.69. The summed E-state index contributed by atoms with van der Waals surface area (Å²) in [7, 11) is 0. The Hall–Kier alpha value is -4.99. The van der Waals surface area contributed by atoms with E-state index >= 15 is 0 Å². The molecule has 1 fully saturated rings. The molecule has 10 nitrogen and oxygen atoms in total. The van der Waals surface area contributed by atoms with Crippen LogP contribution in [0.3, 0.4) is 0 Å². The second-order valence-corrected chi connectivity index (χ2v) is 9.69. The van der Waals surface area contributed by atoms with Crippen molar-refractivity contribution in [2.45, 2.75) is 32.4 Å². The predicted molar refractivity (Wildman–Crippen MR) is 147 cm³/mol. The molecule has 2 aromatic carbocycles. The van der Waals surface area contributed by atoms with Gasteiger partial charge in [-0.2, -0.15) is 0 Å². The zero-order valence-electron chi connectivity index (χ0n) is 21.4. The zero-order valence-corrected chi connectivity index (χ0v) is 21.4. The SMILES string of the molecule is C[C@@H](NC(=O)c1c(N)nn2cccnc12)c1cc2cccc(CN3CCCC3=O)c2c(=O)n1-c1ccccc1. The van der Waals surface area contributed by atoms with Gasteiger partial charge in [-0.1, -0.05) is 36.4 Å². The van der Waals surface area contributed by atoms with Crippen LogP contribution in [0, 0.1) is 0 Å². The lowest BCUT2D eigenvalue weighted by Crippen LogP contribution is -2.33. The summed E-state index contributed by atoms with van der Waals surface area (Å²) in [5.74, 6) is -0.273. The van der Waals surface area contributed by atoms with Gasteiger partial charge >= 0.3 is 0 Å². The molecule has 5 aromatic rings. The van der Waals surface area contributed by atoms with Crippen molar-refractivity contribution in [1.82, 2.24) is 29.4 Å². The Kier molecular flexibility index (Phi) is 6.07. The highest BCUT2D eigenvalue weighted by molar-refractivity contribution is 6.04. The number of pyridine rings is 1. The standard InChI is InChI=1S/C29H27N7O3/c1-18(32-28(38)25-26(30)33-35-15-7-13-31-27(25)35)22-16-19-8-5-9-20(17-34-14-6-12-23(34)37)24(19)29(39)36(22)21-10-3-2-4-11-21/h2-5,7-11,13,15-16,18H,6,12,14,17H2,1H3,(H2,30,33)(H,32,38)/t18-/m1/s1. The Morgan fingerprint density at radius 2 is 1.92 bits per heavy atom. The molecule has 3 aromatic heterocycles. The molecule has 0 unspecified atom stereocenters. The molecule has 0 radical (unpaired) electrons. The minimum absolute atomic E-state index is 0.0680. The molecule has 1 atom stereocenters. The summed E-state index contributed by atoms with van der Waals surface area (Å²) in [6.07, 6.45) is 4.60. The molecular weight excluding hydrogens is 494 g/mol. The number of nitrogens with one attached hydrogen (secondary N) is 1. The van der Waals surface area contributed by atoms with E-state index in [1.54, 1.807) is 27.9 Å². The third-order valence-electron chi connectivity index (χ3n) is 7.15. The van der Waals surface area contributed by atoms with Gasteiger partial charge < -0.3 is 16.0 Å². The summed E-state index contributed by atoms with van der Waals surface area (Å²) in [6, 6.07) is 18.0. The molecule has 6 rings (SSSR count). The van der Waals surface area contributed by atoms with E-state index in [-0.39, 0.29) is 22.8 Å². The number of nitrogens with zero attached hydrogens (tertiary/aromatic N) is 5. The molecule has 3 N–H and O–H groups in total. The van der Waals surface area contributed by atoms with E-state index in [0.29, 0.717) is 41.9 Å². The van der Waals surface area contributed by atoms with Gasteiger partial charge in [0.15, 0.2) is 11.5 Å². The minimum Gasteiger partial charge on any atom is -0.381 e. The van der Waals surface area contributed by atoms with E-state index in [1.165, 1.54) is 4.52 Å². The number of nitrogens with two attached hydrogens (primary N) is 1. The molecule has 0 saturated carbocycles. The van der Waals surface area contributed by atoms with Gasteiger partial charge in [-0.3, -0.25) is 19.0 Å². The fourth-order valence-corrected chi connectivity index (χ4v) is 5.29. The summed E-state index contributed by atoms with van der Waals surface area (Å²) >= 11 is 0. The third-order valence-corrected chi connectivity index (χ3v) is 7.15. The summed E-state index contributed by atoms with van der Waals surface area (Å²) < 4.78 is 3.08. The summed E-state index contributed by atoms with van der Waals surface area (Å²) in [4.78, 5) is 45.9. The fourth-order valence-electron chi connectivity index (χ4n) is 5.29.